The van der Waals surface area contributed by atoms with Gasteiger partial charge in [0.25, 0.3) is 10.1 Å². The Morgan fingerprint density at radius 3 is 2.65 bits per heavy atom. The molecule has 1 aliphatic heterocycles. The number of fused-ring (bicyclic) bond motifs is 1. The van der Waals surface area contributed by atoms with Gasteiger partial charge in [-0.05, 0) is 42.3 Å². The average Bonchev–Trinajstić information content (AvgIpc) is 2.54. The number of rotatable bonds is 5. The lowest BCUT2D eigenvalue weighted by Gasteiger charge is -2.31. The van der Waals surface area contributed by atoms with Crippen LogP contribution in [0.15, 0.2) is 42.5 Å². The second kappa shape index (κ2) is 6.86. The molecule has 0 aliphatic carbocycles. The largest absolute Gasteiger partial charge is 0.488 e. The molecule has 0 bridgehead atoms. The summed E-state index contributed by atoms with van der Waals surface area (Å²) in [5.74, 6) is 0.210. The summed E-state index contributed by atoms with van der Waals surface area (Å²) in [7, 11) is -4.10. The Bertz CT molecular complexity index is 769. The van der Waals surface area contributed by atoms with E-state index in [1.165, 1.54) is 0 Å². The van der Waals surface area contributed by atoms with Gasteiger partial charge in [-0.2, -0.15) is 8.42 Å². The van der Waals surface area contributed by atoms with Gasteiger partial charge in [0.1, 0.15) is 17.6 Å². The van der Waals surface area contributed by atoms with Crippen LogP contribution in [-0.4, -0.2) is 37.4 Å². The Labute approximate surface area is 136 Å². The van der Waals surface area contributed by atoms with Crippen LogP contribution >= 0.6 is 0 Å². The minimum atomic E-state index is -4.10. The van der Waals surface area contributed by atoms with Gasteiger partial charge in [-0.25, -0.2) is 0 Å². The maximum Gasteiger partial charge on any atom is 0.268 e. The van der Waals surface area contributed by atoms with Crippen molar-refractivity contribution >= 4 is 20.9 Å². The molecule has 0 saturated carbocycles. The second-order valence-electron chi connectivity index (χ2n) is 5.97. The van der Waals surface area contributed by atoms with E-state index in [0.29, 0.717) is 5.75 Å². The Balaban J connectivity index is 1.83. The van der Waals surface area contributed by atoms with Crippen molar-refractivity contribution < 1.29 is 17.7 Å². The summed E-state index contributed by atoms with van der Waals surface area (Å²) in [5.41, 5.74) is 0. The van der Waals surface area contributed by atoms with E-state index in [2.05, 4.69) is 5.32 Å². The van der Waals surface area contributed by atoms with Crippen molar-refractivity contribution in [2.24, 2.45) is 0 Å². The third-order valence-corrected chi connectivity index (χ3v) is 4.93. The molecule has 0 spiro atoms. The molecule has 2 aromatic carbocycles. The predicted octanol–water partition coefficient (Wildman–Crippen LogP) is 2.62. The van der Waals surface area contributed by atoms with Gasteiger partial charge in [0.2, 0.25) is 0 Å². The molecule has 2 N–H and O–H groups in total. The molecule has 1 aliphatic rings. The molecule has 3 rings (SSSR count). The van der Waals surface area contributed by atoms with Crippen LogP contribution in [0.5, 0.6) is 5.75 Å². The number of hydrogen-bond acceptors (Lipinski definition) is 4. The highest BCUT2D eigenvalue weighted by Crippen LogP contribution is 2.23. The molecule has 2 aromatic rings. The zero-order valence-corrected chi connectivity index (χ0v) is 13.6. The van der Waals surface area contributed by atoms with E-state index in [-0.39, 0.29) is 6.04 Å². The van der Waals surface area contributed by atoms with Gasteiger partial charge in [-0.1, -0.05) is 36.8 Å². The van der Waals surface area contributed by atoms with Crippen LogP contribution in [0, 0.1) is 0 Å². The van der Waals surface area contributed by atoms with Crippen LogP contribution in [0.3, 0.4) is 0 Å². The Hall–Kier alpha value is -1.63. The zero-order valence-electron chi connectivity index (χ0n) is 12.8. The summed E-state index contributed by atoms with van der Waals surface area (Å²) in [6.07, 6.45) is 2.34. The summed E-state index contributed by atoms with van der Waals surface area (Å²) >= 11 is 0. The van der Waals surface area contributed by atoms with Crippen molar-refractivity contribution in [3.63, 3.8) is 0 Å². The van der Waals surface area contributed by atoms with E-state index in [0.717, 1.165) is 36.6 Å². The third kappa shape index (κ3) is 4.43. The van der Waals surface area contributed by atoms with Crippen molar-refractivity contribution in [1.29, 1.82) is 0 Å². The summed E-state index contributed by atoms with van der Waals surface area (Å²) in [6.45, 7) is 0.841. The summed E-state index contributed by atoms with van der Waals surface area (Å²) < 4.78 is 37.8. The molecule has 5 nitrogen and oxygen atoms in total. The number of ether oxygens (including phenoxy) is 1. The normalized spacial score (nSPS) is 20.3. The molecule has 0 amide bonds. The maximum atomic E-state index is 11.3. The van der Waals surface area contributed by atoms with E-state index < -0.39 is 22.0 Å². The second-order valence-corrected chi connectivity index (χ2v) is 7.47. The van der Waals surface area contributed by atoms with Crippen molar-refractivity contribution in [3.05, 3.63) is 42.5 Å². The molecule has 23 heavy (non-hydrogen) atoms. The lowest BCUT2D eigenvalue weighted by molar-refractivity contribution is 0.153. The Morgan fingerprint density at radius 2 is 1.96 bits per heavy atom. The summed E-state index contributed by atoms with van der Waals surface area (Å²) in [5, 5.41) is 5.43. The van der Waals surface area contributed by atoms with Crippen LogP contribution in [0.4, 0.5) is 0 Å². The first-order valence-corrected chi connectivity index (χ1v) is 9.46. The molecule has 2 atom stereocenters. The molecule has 124 valence electrons. The van der Waals surface area contributed by atoms with E-state index in [9.17, 15) is 13.0 Å². The van der Waals surface area contributed by atoms with Gasteiger partial charge in [0, 0.05) is 6.04 Å². The number of hydrogen-bond donors (Lipinski definition) is 2. The van der Waals surface area contributed by atoms with Crippen molar-refractivity contribution in [2.45, 2.75) is 31.4 Å². The van der Waals surface area contributed by atoms with Gasteiger partial charge in [-0.15, -0.1) is 0 Å². The number of piperidine rings is 1. The molecule has 0 aromatic heterocycles. The van der Waals surface area contributed by atoms with Gasteiger partial charge >= 0.3 is 0 Å². The van der Waals surface area contributed by atoms with Gasteiger partial charge in [-0.3, -0.25) is 4.55 Å². The molecule has 0 radical (unpaired) electrons. The molecule has 1 saturated heterocycles. The third-order valence-electron chi connectivity index (χ3n) is 4.18. The lowest BCUT2D eigenvalue weighted by atomic mass is 10.0. The molecule has 1 fully saturated rings. The first-order chi connectivity index (χ1) is 11.0. The zero-order chi connectivity index (χ0) is 16.3. The van der Waals surface area contributed by atoms with E-state index in [1.54, 1.807) is 0 Å². The monoisotopic (exact) mass is 335 g/mol. The summed E-state index contributed by atoms with van der Waals surface area (Å²) in [4.78, 5) is 0. The van der Waals surface area contributed by atoms with E-state index >= 15 is 0 Å². The topological polar surface area (TPSA) is 75.6 Å². The van der Waals surface area contributed by atoms with Crippen molar-refractivity contribution in [2.75, 3.05) is 12.3 Å². The summed E-state index contributed by atoms with van der Waals surface area (Å²) in [6, 6.07) is 13.5. The van der Waals surface area contributed by atoms with E-state index in [4.69, 9.17) is 4.74 Å². The van der Waals surface area contributed by atoms with Crippen LogP contribution < -0.4 is 10.1 Å². The Kier molecular flexibility index (Phi) is 4.84. The average molecular weight is 335 g/mol. The van der Waals surface area contributed by atoms with Gasteiger partial charge in [0.15, 0.2) is 0 Å². The number of benzene rings is 2. The Morgan fingerprint density at radius 1 is 1.17 bits per heavy atom. The quantitative estimate of drug-likeness (QED) is 0.822. The minimum absolute atomic E-state index is 0.0721. The van der Waals surface area contributed by atoms with Crippen LogP contribution in [0.2, 0.25) is 0 Å². The fraction of sp³-hybridized carbons (Fsp3) is 0.412. The lowest BCUT2D eigenvalue weighted by Crippen LogP contribution is -2.48. The van der Waals surface area contributed by atoms with Crippen molar-refractivity contribution in [1.82, 2.24) is 5.32 Å². The highest BCUT2D eigenvalue weighted by Gasteiger charge is 2.29. The van der Waals surface area contributed by atoms with Gasteiger partial charge < -0.3 is 10.1 Å². The van der Waals surface area contributed by atoms with Crippen LogP contribution in [0.1, 0.15) is 19.3 Å². The predicted molar refractivity (Wildman–Crippen MR) is 90.4 cm³/mol. The van der Waals surface area contributed by atoms with E-state index in [1.807, 2.05) is 42.5 Å². The van der Waals surface area contributed by atoms with Crippen LogP contribution in [0.25, 0.3) is 10.8 Å². The highest BCUT2D eigenvalue weighted by molar-refractivity contribution is 7.85. The molecular weight excluding hydrogens is 314 g/mol. The highest BCUT2D eigenvalue weighted by atomic mass is 32.2. The van der Waals surface area contributed by atoms with Gasteiger partial charge in [0.05, 0.1) is 0 Å². The van der Waals surface area contributed by atoms with Crippen molar-refractivity contribution in [3.8, 4) is 5.75 Å². The molecule has 6 heteroatoms. The first kappa shape index (κ1) is 16.2. The van der Waals surface area contributed by atoms with Crippen LogP contribution in [-0.2, 0) is 10.1 Å². The fourth-order valence-corrected chi connectivity index (χ4v) is 3.77. The maximum absolute atomic E-state index is 11.3. The molecule has 2 unspecified atom stereocenters. The standard InChI is InChI=1S/C17H21NO4S/c19-23(20,21)12-17(16-7-3-4-10-18-16)22-15-9-8-13-5-1-2-6-14(13)11-15/h1-2,5-6,8-9,11,16-18H,3-4,7,10,12H2,(H,19,20,21). The SMILES string of the molecule is O=S(=O)(O)CC(Oc1ccc2ccccc2c1)C1CCCCN1. The fourth-order valence-electron chi connectivity index (χ4n) is 3.05. The molecule has 1 heterocycles. The number of nitrogens with one attached hydrogen (secondary N) is 1. The molecular formula is C17H21NO4S. The first-order valence-electron chi connectivity index (χ1n) is 7.85. The minimum Gasteiger partial charge on any atom is -0.488 e. The smallest absolute Gasteiger partial charge is 0.268 e.